The van der Waals surface area contributed by atoms with Crippen molar-refractivity contribution in [3.05, 3.63) is 18.2 Å². The Balaban J connectivity index is 2.58. The maximum atomic E-state index is 12.4. The Labute approximate surface area is 145 Å². The van der Waals surface area contributed by atoms with Crippen molar-refractivity contribution in [2.24, 2.45) is 5.41 Å². The van der Waals surface area contributed by atoms with E-state index in [1.165, 1.54) is 27.1 Å². The van der Waals surface area contributed by atoms with Crippen LogP contribution in [-0.4, -0.2) is 51.2 Å². The van der Waals surface area contributed by atoms with Crippen LogP contribution < -0.4 is 10.6 Å². The van der Waals surface area contributed by atoms with Crippen molar-refractivity contribution < 1.29 is 24.3 Å². The van der Waals surface area contributed by atoms with E-state index in [1.54, 1.807) is 6.20 Å². The zero-order valence-corrected chi connectivity index (χ0v) is 14.6. The van der Waals surface area contributed by atoms with Crippen molar-refractivity contribution in [2.75, 3.05) is 6.54 Å². The predicted molar refractivity (Wildman–Crippen MR) is 88.6 cm³/mol. The lowest BCUT2D eigenvalue weighted by Crippen LogP contribution is -2.52. The number of carboxylic acid groups (broad SMARTS) is 1. The van der Waals surface area contributed by atoms with E-state index in [2.05, 4.69) is 20.6 Å². The first-order valence-corrected chi connectivity index (χ1v) is 7.93. The predicted octanol–water partition coefficient (Wildman–Crippen LogP) is 0.0332. The molecule has 0 aliphatic carbocycles. The van der Waals surface area contributed by atoms with Gasteiger partial charge in [-0.15, -0.1) is 0 Å². The van der Waals surface area contributed by atoms with Crippen LogP contribution in [-0.2, 0) is 25.6 Å². The number of nitrogens with zero attached hydrogens (tertiary/aromatic N) is 1. The number of H-pyrrole nitrogens is 1. The molecule has 0 aliphatic rings. The van der Waals surface area contributed by atoms with Crippen molar-refractivity contribution in [3.8, 4) is 0 Å². The minimum absolute atomic E-state index is 0.0199. The summed E-state index contributed by atoms with van der Waals surface area (Å²) in [4.78, 5) is 53.6. The van der Waals surface area contributed by atoms with Gasteiger partial charge >= 0.3 is 5.97 Å². The Bertz CT molecular complexity index is 624. The fourth-order valence-corrected chi connectivity index (χ4v) is 2.04. The van der Waals surface area contributed by atoms with Gasteiger partial charge in [-0.05, 0) is 27.2 Å². The van der Waals surface area contributed by atoms with Crippen molar-refractivity contribution in [2.45, 2.75) is 46.1 Å². The van der Waals surface area contributed by atoms with Gasteiger partial charge in [-0.3, -0.25) is 19.2 Å². The molecule has 1 atom stereocenters. The minimum Gasteiger partial charge on any atom is -0.481 e. The summed E-state index contributed by atoms with van der Waals surface area (Å²) in [7, 11) is 0. The van der Waals surface area contributed by atoms with Crippen LogP contribution in [0.3, 0.4) is 0 Å². The van der Waals surface area contributed by atoms with Crippen molar-refractivity contribution in [1.82, 2.24) is 20.6 Å². The van der Waals surface area contributed by atoms with Gasteiger partial charge < -0.3 is 20.7 Å². The monoisotopic (exact) mass is 352 g/mol. The summed E-state index contributed by atoms with van der Waals surface area (Å²) in [5.41, 5.74) is -0.543. The van der Waals surface area contributed by atoms with E-state index in [0.29, 0.717) is 13.0 Å². The van der Waals surface area contributed by atoms with Crippen LogP contribution in [0.1, 0.15) is 39.3 Å². The number of hydrogen-bond acceptors (Lipinski definition) is 5. The van der Waals surface area contributed by atoms with Gasteiger partial charge in [0.05, 0.1) is 12.4 Å². The molecule has 1 aromatic heterocycles. The van der Waals surface area contributed by atoms with E-state index in [9.17, 15) is 19.2 Å². The molecule has 4 N–H and O–H groups in total. The second-order valence-electron chi connectivity index (χ2n) is 6.28. The van der Waals surface area contributed by atoms with E-state index in [0.717, 1.165) is 5.69 Å². The highest BCUT2D eigenvalue weighted by atomic mass is 16.4. The first-order valence-electron chi connectivity index (χ1n) is 7.93. The highest BCUT2D eigenvalue weighted by Crippen LogP contribution is 2.16. The van der Waals surface area contributed by atoms with Crippen LogP contribution >= 0.6 is 0 Å². The number of aliphatic carboxylic acids is 1. The molecule has 0 spiro atoms. The number of hydrogen-bond donors (Lipinski definition) is 4. The summed E-state index contributed by atoms with van der Waals surface area (Å²) in [6.45, 7) is 4.49. The average molecular weight is 352 g/mol. The van der Waals surface area contributed by atoms with Crippen molar-refractivity contribution >= 4 is 23.6 Å². The molecule has 1 rings (SSSR count). The Kier molecular flexibility index (Phi) is 7.28. The number of aromatic amines is 1. The number of imidazole rings is 1. The van der Waals surface area contributed by atoms with E-state index >= 15 is 0 Å². The third kappa shape index (κ3) is 6.36. The summed E-state index contributed by atoms with van der Waals surface area (Å²) in [6, 6.07) is -0.930. The van der Waals surface area contributed by atoms with Gasteiger partial charge in [0.15, 0.2) is 5.78 Å². The maximum absolute atomic E-state index is 12.4. The molecule has 0 fully saturated rings. The SMILES string of the molecule is CC(=O)C(CCC(=O)O)NC(=O)C(C)(C)C(=O)NCCc1cnc[nH]1. The van der Waals surface area contributed by atoms with Gasteiger partial charge in [-0.1, -0.05) is 0 Å². The molecule has 9 nitrogen and oxygen atoms in total. The number of Topliss-reactive ketones (excluding diaryl/α,β-unsaturated/α-hetero) is 1. The number of carbonyl (C=O) groups excluding carboxylic acids is 3. The van der Waals surface area contributed by atoms with E-state index in [1.807, 2.05) is 0 Å². The molecule has 0 bridgehead atoms. The normalized spacial score (nSPS) is 12.3. The topological polar surface area (TPSA) is 141 Å². The summed E-state index contributed by atoms with van der Waals surface area (Å²) in [6.07, 6.45) is 3.45. The largest absolute Gasteiger partial charge is 0.481 e. The van der Waals surface area contributed by atoms with Gasteiger partial charge in [-0.2, -0.15) is 0 Å². The van der Waals surface area contributed by atoms with Crippen LogP contribution in [0.2, 0.25) is 0 Å². The Hall–Kier alpha value is -2.71. The Morgan fingerprint density at radius 1 is 1.28 bits per heavy atom. The minimum atomic E-state index is -1.40. The van der Waals surface area contributed by atoms with E-state index < -0.39 is 29.2 Å². The molecule has 25 heavy (non-hydrogen) atoms. The number of rotatable bonds is 10. The Morgan fingerprint density at radius 3 is 2.48 bits per heavy atom. The molecule has 138 valence electrons. The summed E-state index contributed by atoms with van der Waals surface area (Å²) in [5.74, 6) is -2.52. The van der Waals surface area contributed by atoms with Crippen LogP contribution in [0.4, 0.5) is 0 Å². The van der Waals surface area contributed by atoms with E-state index in [-0.39, 0.29) is 18.6 Å². The number of aromatic nitrogens is 2. The van der Waals surface area contributed by atoms with E-state index in [4.69, 9.17) is 5.11 Å². The quantitative estimate of drug-likeness (QED) is 0.438. The number of amides is 2. The zero-order valence-electron chi connectivity index (χ0n) is 14.6. The molecule has 9 heteroatoms. The molecule has 0 aliphatic heterocycles. The maximum Gasteiger partial charge on any atom is 0.303 e. The second-order valence-corrected chi connectivity index (χ2v) is 6.28. The lowest BCUT2D eigenvalue weighted by Gasteiger charge is -2.25. The molecular formula is C16H24N4O5. The first-order chi connectivity index (χ1) is 11.6. The molecule has 0 saturated heterocycles. The van der Waals surface area contributed by atoms with Crippen LogP contribution in [0.5, 0.6) is 0 Å². The summed E-state index contributed by atoms with van der Waals surface area (Å²) >= 11 is 0. The molecule has 2 amide bonds. The van der Waals surface area contributed by atoms with Crippen molar-refractivity contribution in [3.63, 3.8) is 0 Å². The number of carboxylic acids is 1. The third-order valence-corrected chi connectivity index (χ3v) is 3.81. The number of carbonyl (C=O) groups is 4. The lowest BCUT2D eigenvalue weighted by molar-refractivity contribution is -0.143. The molecule has 0 saturated carbocycles. The van der Waals surface area contributed by atoms with Gasteiger partial charge in [0.1, 0.15) is 5.41 Å². The zero-order chi connectivity index (χ0) is 19.0. The second kappa shape index (κ2) is 8.95. The van der Waals surface area contributed by atoms with Crippen LogP contribution in [0.25, 0.3) is 0 Å². The molecule has 0 aromatic carbocycles. The van der Waals surface area contributed by atoms with Crippen LogP contribution in [0, 0.1) is 5.41 Å². The fourth-order valence-electron chi connectivity index (χ4n) is 2.04. The summed E-state index contributed by atoms with van der Waals surface area (Å²) in [5, 5.41) is 13.8. The molecule has 1 heterocycles. The molecular weight excluding hydrogens is 328 g/mol. The average Bonchev–Trinajstić information content (AvgIpc) is 3.03. The highest BCUT2D eigenvalue weighted by Gasteiger charge is 2.37. The lowest BCUT2D eigenvalue weighted by atomic mass is 9.90. The smallest absolute Gasteiger partial charge is 0.303 e. The van der Waals surface area contributed by atoms with Crippen LogP contribution in [0.15, 0.2) is 12.5 Å². The van der Waals surface area contributed by atoms with Gasteiger partial charge in [0.2, 0.25) is 11.8 Å². The van der Waals surface area contributed by atoms with Gasteiger partial charge in [-0.25, -0.2) is 4.98 Å². The number of nitrogens with one attached hydrogen (secondary N) is 3. The fraction of sp³-hybridized carbons (Fsp3) is 0.562. The third-order valence-electron chi connectivity index (χ3n) is 3.81. The van der Waals surface area contributed by atoms with Gasteiger partial charge in [0.25, 0.3) is 0 Å². The summed E-state index contributed by atoms with van der Waals surface area (Å²) < 4.78 is 0. The van der Waals surface area contributed by atoms with Gasteiger partial charge in [0, 0.05) is 31.3 Å². The number of ketones is 1. The molecule has 1 unspecified atom stereocenters. The highest BCUT2D eigenvalue weighted by molar-refractivity contribution is 6.05. The first kappa shape index (κ1) is 20.3. The standard InChI is InChI=1S/C16H24N4O5/c1-10(21)12(4-5-13(22)23)20-15(25)16(2,3)14(24)18-7-6-11-8-17-9-19-11/h8-9,12H,4-7H2,1-3H3,(H,17,19)(H,18,24)(H,20,25)(H,22,23). The molecule has 1 aromatic rings. The van der Waals surface area contributed by atoms with Crippen molar-refractivity contribution in [1.29, 1.82) is 0 Å². The Morgan fingerprint density at radius 2 is 1.96 bits per heavy atom. The molecule has 0 radical (unpaired) electrons.